The maximum absolute atomic E-state index is 9.81. The van der Waals surface area contributed by atoms with Crippen LogP contribution >= 0.6 is 11.8 Å². The summed E-state index contributed by atoms with van der Waals surface area (Å²) in [5, 5.41) is 16.6. The van der Waals surface area contributed by atoms with Crippen LogP contribution in [-0.4, -0.2) is 60.2 Å². The summed E-state index contributed by atoms with van der Waals surface area (Å²) in [5.41, 5.74) is 2.75. The van der Waals surface area contributed by atoms with Crippen LogP contribution in [0.25, 0.3) is 0 Å². The predicted molar refractivity (Wildman–Crippen MR) is 152 cm³/mol. The van der Waals surface area contributed by atoms with E-state index in [1.807, 2.05) is 45.0 Å². The molecular weight excluding hydrogens is 458 g/mol. The number of hydrogen-bond donors (Lipinski definition) is 0. The number of rotatable bonds is 11. The summed E-state index contributed by atoms with van der Waals surface area (Å²) in [4.78, 5) is 17.5. The first-order chi connectivity index (χ1) is 16.9. The number of unbranched alkanes of at least 4 members (excludes halogenated alkanes) is 1. The second kappa shape index (κ2) is 17.2. The third kappa shape index (κ3) is 11.1. The molecule has 1 unspecified atom stereocenters. The third-order valence-electron chi connectivity index (χ3n) is 4.56. The fourth-order valence-corrected chi connectivity index (χ4v) is 3.85. The van der Waals surface area contributed by atoms with Gasteiger partial charge in [-0.1, -0.05) is 43.3 Å². The Bertz CT molecular complexity index is 1010. The number of nitriles is 1. The molecule has 35 heavy (non-hydrogen) atoms. The molecule has 1 aliphatic rings. The minimum atomic E-state index is 0.110. The topological polar surface area (TPSA) is 98.1 Å². The van der Waals surface area contributed by atoms with E-state index in [-0.39, 0.29) is 11.3 Å². The Morgan fingerprint density at radius 1 is 1.26 bits per heavy atom. The fraction of sp³-hybridized carbons (Fsp3) is 0.462. The second-order valence-corrected chi connectivity index (χ2v) is 8.79. The molecule has 0 fully saturated rings. The molecule has 1 aliphatic heterocycles. The molecule has 1 heterocycles. The van der Waals surface area contributed by atoms with Crippen molar-refractivity contribution >= 4 is 41.5 Å². The zero-order valence-electron chi connectivity index (χ0n) is 21.9. The zero-order chi connectivity index (χ0) is 26.1. The molecule has 9 heteroatoms. The Morgan fingerprint density at radius 2 is 2.03 bits per heavy atom. The summed E-state index contributed by atoms with van der Waals surface area (Å²) >= 11 is 1.51. The molecular formula is C26H37N7OS. The molecule has 1 rings (SSSR count). The van der Waals surface area contributed by atoms with Gasteiger partial charge in [0.1, 0.15) is 23.3 Å². The summed E-state index contributed by atoms with van der Waals surface area (Å²) in [6, 6.07) is 2.44. The van der Waals surface area contributed by atoms with Gasteiger partial charge in [0.15, 0.2) is 0 Å². The first-order valence-corrected chi connectivity index (χ1v) is 12.6. The van der Waals surface area contributed by atoms with Gasteiger partial charge in [0.2, 0.25) is 0 Å². The van der Waals surface area contributed by atoms with Crippen molar-refractivity contribution in [1.29, 1.82) is 5.26 Å². The Kier molecular flexibility index (Phi) is 14.7. The molecule has 0 spiro atoms. The molecule has 0 aromatic rings. The first-order valence-electron chi connectivity index (χ1n) is 11.7. The Labute approximate surface area is 214 Å². The van der Waals surface area contributed by atoms with E-state index >= 15 is 0 Å². The lowest BCUT2D eigenvalue weighted by Crippen LogP contribution is -2.10. The number of aliphatic imine (C=N–C) groups is 4. The lowest BCUT2D eigenvalue weighted by molar-refractivity contribution is 0.336. The highest BCUT2D eigenvalue weighted by Crippen LogP contribution is 2.33. The molecule has 0 saturated heterocycles. The molecule has 0 N–H and O–H groups in total. The molecule has 0 aromatic carbocycles. The van der Waals surface area contributed by atoms with Gasteiger partial charge in [-0.3, -0.25) is 10.0 Å². The number of hydrogen-bond acceptors (Lipinski definition) is 8. The van der Waals surface area contributed by atoms with Gasteiger partial charge < -0.3 is 4.74 Å². The van der Waals surface area contributed by atoms with Crippen molar-refractivity contribution in [3.05, 3.63) is 47.0 Å². The molecule has 0 aliphatic carbocycles. The van der Waals surface area contributed by atoms with Crippen molar-refractivity contribution in [2.45, 2.75) is 59.6 Å². The van der Waals surface area contributed by atoms with Gasteiger partial charge in [0, 0.05) is 31.9 Å². The summed E-state index contributed by atoms with van der Waals surface area (Å²) < 4.78 is 5.94. The van der Waals surface area contributed by atoms with Gasteiger partial charge in [0.05, 0.1) is 23.2 Å². The van der Waals surface area contributed by atoms with Crippen LogP contribution in [0.3, 0.4) is 0 Å². The van der Waals surface area contributed by atoms with Crippen LogP contribution in [-0.2, 0) is 4.74 Å². The van der Waals surface area contributed by atoms with Crippen molar-refractivity contribution < 1.29 is 4.74 Å². The monoisotopic (exact) mass is 495 g/mol. The predicted octanol–water partition coefficient (Wildman–Crippen LogP) is 5.93. The molecule has 1 atom stereocenters. The highest BCUT2D eigenvalue weighted by atomic mass is 32.2. The lowest BCUT2D eigenvalue weighted by Gasteiger charge is -2.10. The normalized spacial score (nSPS) is 19.3. The van der Waals surface area contributed by atoms with Gasteiger partial charge in [-0.25, -0.2) is 9.98 Å². The van der Waals surface area contributed by atoms with Crippen molar-refractivity contribution in [1.82, 2.24) is 5.01 Å². The van der Waals surface area contributed by atoms with Crippen LogP contribution in [0.2, 0.25) is 0 Å². The molecule has 8 nitrogen and oxygen atoms in total. The van der Waals surface area contributed by atoms with Gasteiger partial charge in [-0.05, 0) is 46.6 Å². The highest BCUT2D eigenvalue weighted by Gasteiger charge is 2.25. The fourth-order valence-electron chi connectivity index (χ4n) is 2.81. The van der Waals surface area contributed by atoms with Crippen molar-refractivity contribution in [3.8, 4) is 6.07 Å². The van der Waals surface area contributed by atoms with E-state index in [0.29, 0.717) is 29.5 Å². The average molecular weight is 496 g/mol. The van der Waals surface area contributed by atoms with Crippen LogP contribution in [0.5, 0.6) is 0 Å². The van der Waals surface area contributed by atoms with Crippen molar-refractivity contribution in [3.63, 3.8) is 0 Å². The third-order valence-corrected chi connectivity index (χ3v) is 5.67. The van der Waals surface area contributed by atoms with Gasteiger partial charge >= 0.3 is 6.02 Å². The number of thioether (sulfide) groups is 1. The van der Waals surface area contributed by atoms with Crippen LogP contribution in [0.4, 0.5) is 0 Å². The van der Waals surface area contributed by atoms with Crippen molar-refractivity contribution in [2.24, 2.45) is 25.1 Å². The highest BCUT2D eigenvalue weighted by molar-refractivity contribution is 8.15. The van der Waals surface area contributed by atoms with E-state index in [4.69, 9.17) is 4.74 Å². The van der Waals surface area contributed by atoms with Crippen LogP contribution in [0.15, 0.2) is 72.0 Å². The molecule has 0 amide bonds. The number of ether oxygens (including phenoxy) is 1. The SMILES string of the molecule is CC=N/C=C1N=C(/C(C#N)=C(\C)N=C(N=CC)OCC(C=CCN(C)N=CC)=CCCC)SC/1C. The van der Waals surface area contributed by atoms with Crippen LogP contribution in [0.1, 0.15) is 54.4 Å². The van der Waals surface area contributed by atoms with E-state index in [0.717, 1.165) is 24.1 Å². The maximum Gasteiger partial charge on any atom is 0.316 e. The summed E-state index contributed by atoms with van der Waals surface area (Å²) in [6.45, 7) is 12.5. The Morgan fingerprint density at radius 3 is 2.66 bits per heavy atom. The Balaban J connectivity index is 3.12. The van der Waals surface area contributed by atoms with Crippen LogP contribution in [0, 0.1) is 11.3 Å². The van der Waals surface area contributed by atoms with E-state index < -0.39 is 0 Å². The first kappa shape index (κ1) is 29.8. The Hall–Kier alpha value is -3.25. The molecule has 188 valence electrons. The second-order valence-electron chi connectivity index (χ2n) is 7.46. The number of likely N-dealkylation sites (N-methyl/N-ethyl adjacent to an activating group) is 1. The largest absolute Gasteiger partial charge is 0.459 e. The number of amidine groups is 1. The molecule has 0 bridgehead atoms. The van der Waals surface area contributed by atoms with E-state index in [1.54, 1.807) is 38.7 Å². The number of allylic oxidation sites excluding steroid dienone is 2. The summed E-state index contributed by atoms with van der Waals surface area (Å²) in [5.74, 6) is 0. The quantitative estimate of drug-likeness (QED) is 0.117. The minimum Gasteiger partial charge on any atom is -0.459 e. The average Bonchev–Trinajstić information content (AvgIpc) is 3.19. The zero-order valence-corrected chi connectivity index (χ0v) is 22.7. The van der Waals surface area contributed by atoms with E-state index in [1.165, 1.54) is 11.8 Å². The molecule has 0 aromatic heterocycles. The van der Waals surface area contributed by atoms with Gasteiger partial charge in [0.25, 0.3) is 0 Å². The lowest BCUT2D eigenvalue weighted by atomic mass is 10.2. The van der Waals surface area contributed by atoms with Crippen LogP contribution < -0.4 is 0 Å². The van der Waals surface area contributed by atoms with Gasteiger partial charge in [-0.2, -0.15) is 15.4 Å². The number of nitrogens with zero attached hydrogens (tertiary/aromatic N) is 7. The standard InChI is InChI=1S/C26H37N7OS/c1-8-12-14-22(15-13-16-33(7)30-11-4)19-34-26(29-10-3)31-20(5)23(17-27)25-32-24(18-28-9-2)21(6)35-25/h9-11,13-15,18,21H,8,12,16,19H2,1-7H3/b15-13?,22-14?,23-20+,24-18+,28-9?,29-10?,30-11?,31-26?. The molecule has 0 radical (unpaired) electrons. The summed E-state index contributed by atoms with van der Waals surface area (Å²) in [6.07, 6.45) is 15.0. The van der Waals surface area contributed by atoms with E-state index in [2.05, 4.69) is 44.1 Å². The smallest absolute Gasteiger partial charge is 0.316 e. The number of hydrazone groups is 1. The summed E-state index contributed by atoms with van der Waals surface area (Å²) in [7, 11) is 1.92. The van der Waals surface area contributed by atoms with Crippen molar-refractivity contribution in [2.75, 3.05) is 20.2 Å². The van der Waals surface area contributed by atoms with E-state index in [9.17, 15) is 5.26 Å². The maximum atomic E-state index is 9.81. The van der Waals surface area contributed by atoms with Gasteiger partial charge in [-0.15, -0.1) is 0 Å². The minimum absolute atomic E-state index is 0.110. The molecule has 0 saturated carbocycles.